The molecule has 2 bridgehead atoms. The maximum Gasteiger partial charge on any atom is 0.431 e. The van der Waals surface area contributed by atoms with E-state index >= 15 is 0 Å². The second kappa shape index (κ2) is 15.2. The summed E-state index contributed by atoms with van der Waals surface area (Å²) in [6.07, 6.45) is 4.53. The van der Waals surface area contributed by atoms with E-state index in [-0.39, 0.29) is 29.4 Å². The van der Waals surface area contributed by atoms with Crippen LogP contribution >= 0.6 is 0 Å². The molecule has 43 heavy (non-hydrogen) atoms. The Morgan fingerprint density at radius 1 is 1.12 bits per heavy atom. The van der Waals surface area contributed by atoms with Crippen molar-refractivity contribution in [1.29, 1.82) is 0 Å². The van der Waals surface area contributed by atoms with Crippen molar-refractivity contribution >= 4 is 23.6 Å². The van der Waals surface area contributed by atoms with Crippen LogP contribution in [0.15, 0.2) is 58.5 Å². The van der Waals surface area contributed by atoms with Gasteiger partial charge in [-0.2, -0.15) is 0 Å². The predicted octanol–water partition coefficient (Wildman–Crippen LogP) is 2.49. The summed E-state index contributed by atoms with van der Waals surface area (Å²) >= 11 is 0. The number of carbonyl (C=O) groups is 4. The number of ketones is 2. The van der Waals surface area contributed by atoms with Crippen molar-refractivity contribution in [2.45, 2.75) is 71.4 Å². The number of nitrogens with zero attached hydrogens (tertiary/aromatic N) is 1. The van der Waals surface area contributed by atoms with Crippen molar-refractivity contribution in [2.24, 2.45) is 11.8 Å². The molecule has 0 radical (unpaired) electrons. The van der Waals surface area contributed by atoms with Gasteiger partial charge in [-0.05, 0) is 44.6 Å². The summed E-state index contributed by atoms with van der Waals surface area (Å²) in [5.41, 5.74) is 2.85. The molecule has 12 heteroatoms. The van der Waals surface area contributed by atoms with Gasteiger partial charge in [-0.3, -0.25) is 19.6 Å². The molecule has 0 saturated carbocycles. The molecule has 0 aromatic carbocycles. The Hall–Kier alpha value is -3.58. The fourth-order valence-electron chi connectivity index (χ4n) is 5.47. The molecule has 4 N–H and O–H groups in total. The van der Waals surface area contributed by atoms with Crippen molar-refractivity contribution in [2.75, 3.05) is 27.3 Å². The summed E-state index contributed by atoms with van der Waals surface area (Å²) in [6.45, 7) is 8.32. The number of nitrogens with one attached hydrogen (secondary N) is 2. The smallest absolute Gasteiger partial charge is 0.431 e. The van der Waals surface area contributed by atoms with E-state index in [9.17, 15) is 24.3 Å². The van der Waals surface area contributed by atoms with Gasteiger partial charge in [-0.25, -0.2) is 10.3 Å². The molecule has 2 amide bonds. The average Bonchev–Trinajstić information content (AvgIpc) is 2.95. The quantitative estimate of drug-likeness (QED) is 0.163. The first-order valence-electron chi connectivity index (χ1n) is 14.4. The van der Waals surface area contributed by atoms with Crippen LogP contribution in [0, 0.1) is 11.8 Å². The predicted molar refractivity (Wildman–Crippen MR) is 156 cm³/mol. The second-order valence-electron chi connectivity index (χ2n) is 11.3. The maximum atomic E-state index is 13.7. The molecule has 3 aliphatic rings. The summed E-state index contributed by atoms with van der Waals surface area (Å²) in [5, 5.41) is 22.9. The minimum Gasteiger partial charge on any atom is -0.437 e. The third-order valence-corrected chi connectivity index (χ3v) is 8.02. The van der Waals surface area contributed by atoms with Crippen molar-refractivity contribution in [3.8, 4) is 0 Å². The van der Waals surface area contributed by atoms with Crippen molar-refractivity contribution in [1.82, 2.24) is 15.7 Å². The first kappa shape index (κ1) is 33.9. The molecule has 0 aromatic rings. The topological polar surface area (TPSA) is 164 Å². The van der Waals surface area contributed by atoms with Crippen LogP contribution < -0.4 is 10.8 Å². The minimum atomic E-state index is -1.10. The molecule has 236 valence electrons. The van der Waals surface area contributed by atoms with Crippen LogP contribution in [0.2, 0.25) is 0 Å². The van der Waals surface area contributed by atoms with Crippen LogP contribution in [0.25, 0.3) is 0 Å². The number of aliphatic hydroxyl groups is 1. The van der Waals surface area contributed by atoms with E-state index in [1.807, 2.05) is 11.8 Å². The Labute approximate surface area is 252 Å². The zero-order chi connectivity index (χ0) is 31.8. The van der Waals surface area contributed by atoms with Gasteiger partial charge in [-0.1, -0.05) is 38.2 Å². The second-order valence-corrected chi connectivity index (χ2v) is 11.3. The Morgan fingerprint density at radius 2 is 1.81 bits per heavy atom. The van der Waals surface area contributed by atoms with E-state index in [1.54, 1.807) is 32.9 Å². The van der Waals surface area contributed by atoms with E-state index in [4.69, 9.17) is 19.4 Å². The van der Waals surface area contributed by atoms with Crippen LogP contribution in [0.1, 0.15) is 47.0 Å². The Kier molecular flexibility index (Phi) is 12.0. The Balaban J connectivity index is 2.07. The molecule has 0 unspecified atom stereocenters. The highest BCUT2D eigenvalue weighted by Crippen LogP contribution is 2.32. The molecule has 0 spiro atoms. The number of carbonyl (C=O) groups excluding carboxylic acids is 4. The van der Waals surface area contributed by atoms with Crippen molar-refractivity contribution < 1.29 is 43.7 Å². The van der Waals surface area contributed by atoms with Gasteiger partial charge >= 0.3 is 6.09 Å². The third kappa shape index (κ3) is 8.29. The number of amides is 2. The van der Waals surface area contributed by atoms with E-state index in [2.05, 4.69) is 5.32 Å². The number of hydrogen-bond acceptors (Lipinski definition) is 10. The lowest BCUT2D eigenvalue weighted by Gasteiger charge is -2.37. The van der Waals surface area contributed by atoms with E-state index in [0.717, 1.165) is 6.42 Å². The van der Waals surface area contributed by atoms with Gasteiger partial charge in [0.25, 0.3) is 5.91 Å². The number of hydroxylamine groups is 1. The molecule has 1 fully saturated rings. The molecule has 1 saturated heterocycles. The van der Waals surface area contributed by atoms with Crippen molar-refractivity contribution in [3.63, 3.8) is 0 Å². The molecule has 1 aliphatic carbocycles. The lowest BCUT2D eigenvalue weighted by molar-refractivity contribution is -0.120. The zero-order valence-corrected chi connectivity index (χ0v) is 25.6. The highest BCUT2D eigenvalue weighted by atomic mass is 16.6. The Bertz CT molecular complexity index is 1240. The van der Waals surface area contributed by atoms with E-state index < -0.39 is 48.1 Å². The molecule has 2 heterocycles. The number of hydrogen-bond donors (Lipinski definition) is 4. The highest BCUT2D eigenvalue weighted by Gasteiger charge is 2.36. The molecular formula is C31H43N3O9. The van der Waals surface area contributed by atoms with Gasteiger partial charge in [0.05, 0.1) is 23.6 Å². The number of Topliss-reactive ketones (excluding diaryl/α,β-unsaturated/α-hetero) is 1. The van der Waals surface area contributed by atoms with Gasteiger partial charge < -0.3 is 29.5 Å². The van der Waals surface area contributed by atoms with Crippen LogP contribution in [0.5, 0.6) is 0 Å². The monoisotopic (exact) mass is 601 g/mol. The largest absolute Gasteiger partial charge is 0.437 e. The number of rotatable bonds is 4. The zero-order valence-electron chi connectivity index (χ0n) is 25.6. The summed E-state index contributed by atoms with van der Waals surface area (Å²) in [6, 6.07) is 0. The van der Waals surface area contributed by atoms with E-state index in [0.29, 0.717) is 36.4 Å². The number of aliphatic hydroxyl groups excluding tert-OH is 1. The van der Waals surface area contributed by atoms with Crippen LogP contribution in [0.4, 0.5) is 4.79 Å². The fraction of sp³-hybridized carbons (Fsp3) is 0.548. The molecule has 0 aromatic heterocycles. The van der Waals surface area contributed by atoms with Gasteiger partial charge in [0.15, 0.2) is 6.10 Å². The lowest BCUT2D eigenvalue weighted by Crippen LogP contribution is -2.43. The van der Waals surface area contributed by atoms with Crippen LogP contribution in [-0.4, -0.2) is 90.5 Å². The molecular weight excluding hydrogens is 558 g/mol. The number of likely N-dealkylation sites (tertiary alicyclic amines) is 1. The summed E-state index contributed by atoms with van der Waals surface area (Å²) in [4.78, 5) is 53.8. The number of allylic oxidation sites excluding steroid dienone is 4. The molecule has 2 aliphatic heterocycles. The highest BCUT2D eigenvalue weighted by molar-refractivity contribution is 6.23. The normalized spacial score (nSPS) is 32.9. The van der Waals surface area contributed by atoms with Crippen LogP contribution in [-0.2, 0) is 28.6 Å². The summed E-state index contributed by atoms with van der Waals surface area (Å²) < 4.78 is 16.6. The van der Waals surface area contributed by atoms with Crippen LogP contribution in [0.3, 0.4) is 0 Å². The summed E-state index contributed by atoms with van der Waals surface area (Å²) in [7, 11) is 2.90. The number of ether oxygens (including phenoxy) is 3. The first-order valence-corrected chi connectivity index (χ1v) is 14.4. The third-order valence-electron chi connectivity index (χ3n) is 8.02. The lowest BCUT2D eigenvalue weighted by atomic mass is 9.84. The van der Waals surface area contributed by atoms with Gasteiger partial charge in [-0.15, -0.1) is 0 Å². The molecule has 3 rings (SSSR count). The van der Waals surface area contributed by atoms with Gasteiger partial charge in [0.1, 0.15) is 6.10 Å². The first-order chi connectivity index (χ1) is 20.4. The maximum absolute atomic E-state index is 13.7. The van der Waals surface area contributed by atoms with Gasteiger partial charge in [0.2, 0.25) is 11.6 Å². The summed E-state index contributed by atoms with van der Waals surface area (Å²) in [5.74, 6) is -1.95. The average molecular weight is 602 g/mol. The molecule has 12 nitrogen and oxygen atoms in total. The molecule has 6 atom stereocenters. The number of methoxy groups -OCH3 is 2. The standard InChI is InChI=1S/C31H43N3O9/c1-17-13-21-26(34-11-8-12-34)23(35)16-22(28(21)37)32-30(38)18(2)9-7-10-24(41-5)29(43-31(39)33-40)20(4)15-19(3)27(36)25(14-17)42-6/h7,9-10,15-17,19,24-25,27,29,36,40H,8,11-14H2,1-6H3,(H,32,38)(H,33,39)/b10-7-,18-9+,20-15+/t17-,19+,24+,25+,27-,29+/m1/s1. The van der Waals surface area contributed by atoms with Gasteiger partial charge in [0, 0.05) is 50.4 Å². The Morgan fingerprint density at radius 3 is 2.40 bits per heavy atom. The van der Waals surface area contributed by atoms with E-state index in [1.165, 1.54) is 37.9 Å². The minimum absolute atomic E-state index is 0.0915. The van der Waals surface area contributed by atoms with Crippen molar-refractivity contribution in [3.05, 3.63) is 58.5 Å². The number of fused-ring (bicyclic) bond motifs is 2. The SMILES string of the molecule is CO[C@H]1/C=C\C=C(/C)C(=O)NC2=CC(=O)C(N3CCC3)=C(C[C@@H](C)C[C@H](OC)[C@H](O)[C@@H](C)/C=C(\C)[C@@H]1OC(=O)NO)C2=O. The fourth-order valence-corrected chi connectivity index (χ4v) is 5.47.